The number of esters is 1. The summed E-state index contributed by atoms with van der Waals surface area (Å²) in [7, 11) is 0. The Morgan fingerprint density at radius 1 is 1.20 bits per heavy atom. The van der Waals surface area contributed by atoms with Gasteiger partial charge in [-0.25, -0.2) is 0 Å². The van der Waals surface area contributed by atoms with Crippen LogP contribution in [0.15, 0.2) is 30.3 Å². The van der Waals surface area contributed by atoms with E-state index in [0.717, 1.165) is 38.5 Å². The van der Waals surface area contributed by atoms with Gasteiger partial charge in [0, 0.05) is 11.8 Å². The molecule has 4 heteroatoms. The van der Waals surface area contributed by atoms with E-state index in [2.05, 4.69) is 64.1 Å². The number of hydrogen-bond acceptors (Lipinski definition) is 4. The minimum atomic E-state index is -1.20. The highest BCUT2D eigenvalue weighted by Gasteiger charge is 2.70. The Morgan fingerprint density at radius 3 is 2.47 bits per heavy atom. The first-order valence-electron chi connectivity index (χ1n) is 11.4. The zero-order valence-electron chi connectivity index (χ0n) is 18.7. The third-order valence-corrected chi connectivity index (χ3v) is 7.63. The molecule has 0 N–H and O–H groups in total. The number of nitrogens with zero attached hydrogens (tertiary/aromatic N) is 2. The molecule has 2 aliphatic carbocycles. The number of carbonyl (C=O) groups excluding carboxylic acids is 1. The second-order valence-corrected chi connectivity index (χ2v) is 9.91. The van der Waals surface area contributed by atoms with Gasteiger partial charge in [-0.1, -0.05) is 77.3 Å². The molecule has 0 bridgehead atoms. The first-order valence-corrected chi connectivity index (χ1v) is 11.4. The van der Waals surface area contributed by atoms with Crippen LogP contribution in [0.25, 0.3) is 0 Å². The minimum Gasteiger partial charge on any atom is -0.462 e. The van der Waals surface area contributed by atoms with E-state index in [4.69, 9.17) is 4.74 Å². The fraction of sp³-hybridized carbons (Fsp3) is 0.654. The van der Waals surface area contributed by atoms with Crippen LogP contribution in [0, 0.1) is 51.7 Å². The van der Waals surface area contributed by atoms with E-state index < -0.39 is 11.3 Å². The Balaban J connectivity index is 1.80. The molecule has 0 heterocycles. The van der Waals surface area contributed by atoms with Crippen molar-refractivity contribution in [2.75, 3.05) is 0 Å². The molecule has 2 saturated carbocycles. The summed E-state index contributed by atoms with van der Waals surface area (Å²) >= 11 is 0. The number of ether oxygens (including phenoxy) is 1. The van der Waals surface area contributed by atoms with Crippen molar-refractivity contribution in [3.8, 4) is 12.1 Å². The van der Waals surface area contributed by atoms with Gasteiger partial charge >= 0.3 is 5.97 Å². The molecule has 30 heavy (non-hydrogen) atoms. The van der Waals surface area contributed by atoms with Gasteiger partial charge in [0.05, 0.1) is 18.1 Å². The molecule has 1 aromatic rings. The van der Waals surface area contributed by atoms with Crippen molar-refractivity contribution >= 4 is 5.97 Å². The second kappa shape index (κ2) is 8.81. The monoisotopic (exact) mass is 406 g/mol. The first-order chi connectivity index (χ1) is 14.3. The molecule has 0 aliphatic heterocycles. The fourth-order valence-corrected chi connectivity index (χ4v) is 5.55. The first kappa shape index (κ1) is 22.4. The predicted octanol–water partition coefficient (Wildman–Crippen LogP) is 5.78. The summed E-state index contributed by atoms with van der Waals surface area (Å²) in [5.41, 5.74) is -0.0722. The van der Waals surface area contributed by atoms with Crippen LogP contribution in [-0.2, 0) is 14.9 Å². The molecule has 0 amide bonds. The Kier molecular flexibility index (Phi) is 6.56. The SMILES string of the molecule is CCCC[C@@H]1[C@@H](C(=O)O[C@@H]2C[C@H](C)CC[C@H]2C(C)(C)c2ccccc2)C1(C#N)C#N. The summed E-state index contributed by atoms with van der Waals surface area (Å²) in [4.78, 5) is 13.2. The lowest BCUT2D eigenvalue weighted by Crippen LogP contribution is -2.43. The van der Waals surface area contributed by atoms with Crippen LogP contribution in [0.5, 0.6) is 0 Å². The maximum absolute atomic E-state index is 13.2. The number of unbranched alkanes of at least 4 members (excludes halogenated alkanes) is 1. The Labute approximate surface area is 181 Å². The minimum absolute atomic E-state index is 0.126. The number of rotatable bonds is 7. The van der Waals surface area contributed by atoms with Crippen molar-refractivity contribution in [3.63, 3.8) is 0 Å². The molecule has 1 aromatic carbocycles. The van der Waals surface area contributed by atoms with E-state index in [1.807, 2.05) is 6.07 Å². The lowest BCUT2D eigenvalue weighted by atomic mass is 9.64. The molecular weight excluding hydrogens is 372 g/mol. The average Bonchev–Trinajstić information content (AvgIpc) is 3.40. The van der Waals surface area contributed by atoms with Gasteiger partial charge in [0.1, 0.15) is 6.10 Å². The smallest absolute Gasteiger partial charge is 0.312 e. The molecule has 2 aliphatic rings. The van der Waals surface area contributed by atoms with Gasteiger partial charge in [0.25, 0.3) is 0 Å². The quantitative estimate of drug-likeness (QED) is 0.538. The van der Waals surface area contributed by atoms with Crippen LogP contribution in [0.1, 0.15) is 71.8 Å². The van der Waals surface area contributed by atoms with Gasteiger partial charge in [0.15, 0.2) is 5.41 Å². The van der Waals surface area contributed by atoms with Crippen molar-refractivity contribution in [1.82, 2.24) is 0 Å². The topological polar surface area (TPSA) is 73.9 Å². The lowest BCUT2D eigenvalue weighted by molar-refractivity contribution is -0.159. The predicted molar refractivity (Wildman–Crippen MR) is 116 cm³/mol. The van der Waals surface area contributed by atoms with Gasteiger partial charge in [-0.2, -0.15) is 10.5 Å². The fourth-order valence-electron chi connectivity index (χ4n) is 5.55. The van der Waals surface area contributed by atoms with E-state index in [0.29, 0.717) is 5.92 Å². The molecular formula is C26H34N2O2. The zero-order valence-corrected chi connectivity index (χ0v) is 18.7. The molecule has 0 radical (unpaired) electrons. The maximum Gasteiger partial charge on any atom is 0.312 e. The van der Waals surface area contributed by atoms with Crippen molar-refractivity contribution in [2.45, 2.75) is 77.7 Å². The van der Waals surface area contributed by atoms with Crippen molar-refractivity contribution < 1.29 is 9.53 Å². The summed E-state index contributed by atoms with van der Waals surface area (Å²) in [6, 6.07) is 14.7. The standard InChI is InChI=1S/C26H34N2O2/c1-5-6-12-21-23(26(21,16-27)17-28)24(29)30-22-15-18(2)13-14-20(22)25(3,4)19-10-8-7-9-11-19/h7-11,18,20-23H,5-6,12-15H2,1-4H3/t18-,20-,21-,22-,23+/m1/s1. The van der Waals surface area contributed by atoms with Crippen molar-refractivity contribution in [1.29, 1.82) is 10.5 Å². The summed E-state index contributed by atoms with van der Waals surface area (Å²) in [5.74, 6) is -0.422. The zero-order chi connectivity index (χ0) is 21.9. The second-order valence-electron chi connectivity index (χ2n) is 9.91. The van der Waals surface area contributed by atoms with E-state index in [1.165, 1.54) is 5.56 Å². The Bertz CT molecular complexity index is 819. The molecule has 160 valence electrons. The van der Waals surface area contributed by atoms with Gasteiger partial charge < -0.3 is 4.74 Å². The number of benzene rings is 1. The molecule has 2 fully saturated rings. The van der Waals surface area contributed by atoms with Crippen LogP contribution >= 0.6 is 0 Å². The molecule has 0 spiro atoms. The molecule has 0 unspecified atom stereocenters. The van der Waals surface area contributed by atoms with Crippen molar-refractivity contribution in [2.24, 2.45) is 29.1 Å². The summed E-state index contributed by atoms with van der Waals surface area (Å²) in [5, 5.41) is 19.3. The van der Waals surface area contributed by atoms with Crippen LogP contribution in [-0.4, -0.2) is 12.1 Å². The lowest BCUT2D eigenvalue weighted by Gasteiger charge is -2.44. The molecule has 0 saturated heterocycles. The number of hydrogen-bond donors (Lipinski definition) is 0. The molecule has 3 rings (SSSR count). The largest absolute Gasteiger partial charge is 0.462 e. The van der Waals surface area contributed by atoms with E-state index in [-0.39, 0.29) is 29.3 Å². The average molecular weight is 407 g/mol. The highest BCUT2D eigenvalue weighted by molar-refractivity contribution is 5.80. The van der Waals surface area contributed by atoms with Crippen LogP contribution < -0.4 is 0 Å². The van der Waals surface area contributed by atoms with Crippen LogP contribution in [0.2, 0.25) is 0 Å². The van der Waals surface area contributed by atoms with Crippen LogP contribution in [0.4, 0.5) is 0 Å². The highest BCUT2D eigenvalue weighted by atomic mass is 16.5. The molecule has 0 aromatic heterocycles. The normalized spacial score (nSPS) is 30.0. The highest BCUT2D eigenvalue weighted by Crippen LogP contribution is 2.61. The summed E-state index contributed by atoms with van der Waals surface area (Å²) in [6.45, 7) is 8.76. The van der Waals surface area contributed by atoms with Crippen molar-refractivity contribution in [3.05, 3.63) is 35.9 Å². The maximum atomic E-state index is 13.2. The van der Waals surface area contributed by atoms with Gasteiger partial charge in [-0.15, -0.1) is 0 Å². The summed E-state index contributed by atoms with van der Waals surface area (Å²) < 4.78 is 6.13. The number of carbonyl (C=O) groups is 1. The third-order valence-electron chi connectivity index (χ3n) is 7.63. The van der Waals surface area contributed by atoms with Gasteiger partial charge in [-0.3, -0.25) is 4.79 Å². The Morgan fingerprint density at radius 2 is 1.87 bits per heavy atom. The van der Waals surface area contributed by atoms with E-state index in [1.54, 1.807) is 0 Å². The molecule has 5 atom stereocenters. The molecule has 4 nitrogen and oxygen atoms in total. The van der Waals surface area contributed by atoms with Crippen LogP contribution in [0.3, 0.4) is 0 Å². The number of nitriles is 2. The Hall–Kier alpha value is -2.33. The van der Waals surface area contributed by atoms with Gasteiger partial charge in [0.2, 0.25) is 0 Å². The van der Waals surface area contributed by atoms with Gasteiger partial charge in [-0.05, 0) is 36.2 Å². The van der Waals surface area contributed by atoms with E-state index >= 15 is 0 Å². The summed E-state index contributed by atoms with van der Waals surface area (Å²) in [6.07, 6.45) is 5.42. The van der Waals surface area contributed by atoms with E-state index in [9.17, 15) is 15.3 Å². The third kappa shape index (κ3) is 3.98.